The molecule has 1 aliphatic heterocycles. The highest BCUT2D eigenvalue weighted by Crippen LogP contribution is 2.30. The molecule has 0 saturated carbocycles. The van der Waals surface area contributed by atoms with Gasteiger partial charge in [-0.05, 0) is 57.3 Å². The van der Waals surface area contributed by atoms with Gasteiger partial charge in [0, 0.05) is 18.3 Å². The monoisotopic (exact) mass is 275 g/mol. The van der Waals surface area contributed by atoms with Crippen LogP contribution in [-0.4, -0.2) is 29.0 Å². The minimum absolute atomic E-state index is 0.486. The van der Waals surface area contributed by atoms with E-state index in [2.05, 4.69) is 54.3 Å². The van der Waals surface area contributed by atoms with Crippen LogP contribution in [0.5, 0.6) is 0 Å². The zero-order valence-electron chi connectivity index (χ0n) is 13.2. The van der Waals surface area contributed by atoms with Gasteiger partial charge in [-0.3, -0.25) is 4.90 Å². The predicted molar refractivity (Wildman–Crippen MR) is 86.1 cm³/mol. The van der Waals surface area contributed by atoms with Gasteiger partial charge in [0.15, 0.2) is 0 Å². The summed E-state index contributed by atoms with van der Waals surface area (Å²) in [5, 5.41) is 3.43. The molecule has 0 amide bonds. The van der Waals surface area contributed by atoms with Gasteiger partial charge in [-0.15, -0.1) is 0 Å². The van der Waals surface area contributed by atoms with E-state index in [4.69, 9.17) is 0 Å². The first-order chi connectivity index (χ1) is 9.74. The summed E-state index contributed by atoms with van der Waals surface area (Å²) >= 11 is 0. The Balaban J connectivity index is 2.03. The van der Waals surface area contributed by atoms with Crippen LogP contribution in [0.25, 0.3) is 0 Å². The smallest absolute Gasteiger partial charge is 0.126 e. The third-order valence-electron chi connectivity index (χ3n) is 4.30. The van der Waals surface area contributed by atoms with Gasteiger partial charge in [0.1, 0.15) is 5.82 Å². The summed E-state index contributed by atoms with van der Waals surface area (Å²) in [6, 6.07) is 5.46. The number of likely N-dealkylation sites (tertiary alicyclic amines) is 1. The lowest BCUT2D eigenvalue weighted by Crippen LogP contribution is -2.34. The average molecular weight is 275 g/mol. The van der Waals surface area contributed by atoms with E-state index in [0.29, 0.717) is 12.1 Å². The molecule has 0 aliphatic carbocycles. The molecule has 2 rings (SSSR count). The number of hydrogen-bond acceptors (Lipinski definition) is 3. The Morgan fingerprint density at radius 1 is 1.35 bits per heavy atom. The van der Waals surface area contributed by atoms with Gasteiger partial charge in [-0.25, -0.2) is 4.98 Å². The van der Waals surface area contributed by atoms with Gasteiger partial charge in [0.25, 0.3) is 0 Å². The Morgan fingerprint density at radius 3 is 2.85 bits per heavy atom. The van der Waals surface area contributed by atoms with Crippen LogP contribution in [0.15, 0.2) is 18.3 Å². The van der Waals surface area contributed by atoms with Crippen molar-refractivity contribution in [3.05, 3.63) is 23.9 Å². The highest BCUT2D eigenvalue weighted by atomic mass is 15.2. The van der Waals surface area contributed by atoms with E-state index < -0.39 is 0 Å². The first-order valence-corrected chi connectivity index (χ1v) is 8.21. The number of aromatic nitrogens is 1. The Morgan fingerprint density at radius 2 is 2.20 bits per heavy atom. The van der Waals surface area contributed by atoms with Gasteiger partial charge in [0.2, 0.25) is 0 Å². The highest BCUT2D eigenvalue weighted by molar-refractivity contribution is 5.37. The normalized spacial score (nSPS) is 21.6. The van der Waals surface area contributed by atoms with Crippen molar-refractivity contribution in [2.75, 3.05) is 18.4 Å². The van der Waals surface area contributed by atoms with Crippen LogP contribution in [0.3, 0.4) is 0 Å². The summed E-state index contributed by atoms with van der Waals surface area (Å²) in [7, 11) is 0. The largest absolute Gasteiger partial charge is 0.368 e. The Hall–Kier alpha value is -1.09. The highest BCUT2D eigenvalue weighted by Gasteiger charge is 2.23. The third-order valence-corrected chi connectivity index (χ3v) is 4.30. The fourth-order valence-electron chi connectivity index (χ4n) is 2.97. The van der Waals surface area contributed by atoms with Gasteiger partial charge in [-0.1, -0.05) is 26.3 Å². The summed E-state index contributed by atoms with van der Waals surface area (Å²) in [6.45, 7) is 9.10. The van der Waals surface area contributed by atoms with E-state index in [1.54, 1.807) is 0 Å². The Bertz CT molecular complexity index is 386. The number of pyridine rings is 1. The predicted octanol–water partition coefficient (Wildman–Crippen LogP) is 4.23. The molecular weight excluding hydrogens is 246 g/mol. The van der Waals surface area contributed by atoms with Crippen molar-refractivity contribution >= 4 is 5.82 Å². The number of piperidine rings is 1. The van der Waals surface area contributed by atoms with Crippen molar-refractivity contribution in [3.8, 4) is 0 Å². The molecule has 0 aromatic carbocycles. The Kier molecular flexibility index (Phi) is 5.84. The topological polar surface area (TPSA) is 28.2 Å². The van der Waals surface area contributed by atoms with Crippen LogP contribution in [0, 0.1) is 0 Å². The lowest BCUT2D eigenvalue weighted by Gasteiger charge is -2.35. The van der Waals surface area contributed by atoms with E-state index >= 15 is 0 Å². The quantitative estimate of drug-likeness (QED) is 0.842. The van der Waals surface area contributed by atoms with Crippen molar-refractivity contribution in [1.29, 1.82) is 0 Å². The van der Waals surface area contributed by atoms with E-state index in [1.165, 1.54) is 44.3 Å². The van der Waals surface area contributed by atoms with Crippen molar-refractivity contribution in [2.45, 2.75) is 65.0 Å². The van der Waals surface area contributed by atoms with E-state index in [0.717, 1.165) is 12.2 Å². The van der Waals surface area contributed by atoms with Crippen LogP contribution in [0.4, 0.5) is 5.82 Å². The maximum absolute atomic E-state index is 4.60. The number of nitrogens with one attached hydrogen (secondary N) is 1. The first kappa shape index (κ1) is 15.3. The van der Waals surface area contributed by atoms with Crippen LogP contribution >= 0.6 is 0 Å². The molecule has 1 aliphatic rings. The fourth-order valence-corrected chi connectivity index (χ4v) is 2.97. The molecule has 0 spiro atoms. The molecule has 0 bridgehead atoms. The summed E-state index contributed by atoms with van der Waals surface area (Å²) in [4.78, 5) is 7.23. The number of rotatable bonds is 6. The second-order valence-corrected chi connectivity index (χ2v) is 5.98. The van der Waals surface area contributed by atoms with Crippen molar-refractivity contribution < 1.29 is 0 Å². The summed E-state index contributed by atoms with van der Waals surface area (Å²) in [6.07, 6.45) is 8.40. The minimum Gasteiger partial charge on any atom is -0.368 e. The SMILES string of the molecule is CCCN1CCCC[C@H]1c1ccc(N[C@@H](C)CC)nc1. The zero-order chi connectivity index (χ0) is 14.4. The number of nitrogens with zero attached hydrogens (tertiary/aromatic N) is 2. The van der Waals surface area contributed by atoms with Crippen LogP contribution in [-0.2, 0) is 0 Å². The molecule has 1 N–H and O–H groups in total. The van der Waals surface area contributed by atoms with Crippen LogP contribution in [0.2, 0.25) is 0 Å². The molecular formula is C17H29N3. The summed E-state index contributed by atoms with van der Waals surface area (Å²) < 4.78 is 0. The zero-order valence-corrected chi connectivity index (χ0v) is 13.2. The molecule has 0 unspecified atom stereocenters. The van der Waals surface area contributed by atoms with Crippen molar-refractivity contribution in [1.82, 2.24) is 9.88 Å². The maximum Gasteiger partial charge on any atom is 0.126 e. The fraction of sp³-hybridized carbons (Fsp3) is 0.706. The van der Waals surface area contributed by atoms with Gasteiger partial charge < -0.3 is 5.32 Å². The summed E-state index contributed by atoms with van der Waals surface area (Å²) in [5.74, 6) is 1.00. The molecule has 3 nitrogen and oxygen atoms in total. The van der Waals surface area contributed by atoms with Gasteiger partial charge >= 0.3 is 0 Å². The molecule has 1 saturated heterocycles. The Labute approximate surface area is 123 Å². The molecule has 1 aromatic heterocycles. The first-order valence-electron chi connectivity index (χ1n) is 8.21. The van der Waals surface area contributed by atoms with Crippen molar-refractivity contribution in [2.24, 2.45) is 0 Å². The van der Waals surface area contributed by atoms with E-state index in [1.807, 2.05) is 0 Å². The molecule has 20 heavy (non-hydrogen) atoms. The summed E-state index contributed by atoms with van der Waals surface area (Å²) in [5.41, 5.74) is 1.38. The molecule has 112 valence electrons. The number of hydrogen-bond donors (Lipinski definition) is 1. The molecule has 2 heterocycles. The van der Waals surface area contributed by atoms with Gasteiger partial charge in [-0.2, -0.15) is 0 Å². The third kappa shape index (κ3) is 3.95. The standard InChI is InChI=1S/C17H29N3/c1-4-11-20-12-7-6-8-16(20)15-9-10-17(18-13-15)19-14(3)5-2/h9-10,13-14,16H,4-8,11-12H2,1-3H3,(H,18,19)/t14-,16-/m0/s1. The maximum atomic E-state index is 4.60. The van der Waals surface area contributed by atoms with Crippen LogP contribution in [0.1, 0.15) is 64.5 Å². The lowest BCUT2D eigenvalue weighted by atomic mass is 9.96. The lowest BCUT2D eigenvalue weighted by molar-refractivity contribution is 0.149. The van der Waals surface area contributed by atoms with E-state index in [-0.39, 0.29) is 0 Å². The van der Waals surface area contributed by atoms with E-state index in [9.17, 15) is 0 Å². The average Bonchev–Trinajstić information content (AvgIpc) is 2.49. The molecule has 2 atom stereocenters. The molecule has 1 fully saturated rings. The minimum atomic E-state index is 0.486. The second-order valence-electron chi connectivity index (χ2n) is 5.98. The van der Waals surface area contributed by atoms with Crippen LogP contribution < -0.4 is 5.32 Å². The van der Waals surface area contributed by atoms with Crippen molar-refractivity contribution in [3.63, 3.8) is 0 Å². The molecule has 1 aromatic rings. The van der Waals surface area contributed by atoms with Gasteiger partial charge in [0.05, 0.1) is 0 Å². The molecule has 3 heteroatoms. The number of anilines is 1. The second kappa shape index (κ2) is 7.63. The molecule has 0 radical (unpaired) electrons.